The van der Waals surface area contributed by atoms with E-state index in [4.69, 9.17) is 8.94 Å². The number of aromatic nitrogens is 1. The first-order chi connectivity index (χ1) is 11.8. The summed E-state index contributed by atoms with van der Waals surface area (Å²) in [7, 11) is 2.16. The van der Waals surface area contributed by atoms with Crippen molar-refractivity contribution in [2.45, 2.75) is 13.1 Å². The van der Waals surface area contributed by atoms with Crippen molar-refractivity contribution in [1.82, 2.24) is 5.16 Å². The molecule has 0 radical (unpaired) electrons. The van der Waals surface area contributed by atoms with Gasteiger partial charge in [0.25, 0.3) is 0 Å². The molecule has 0 bridgehead atoms. The van der Waals surface area contributed by atoms with Gasteiger partial charge in [-0.25, -0.2) is 0 Å². The van der Waals surface area contributed by atoms with Crippen LogP contribution in [0.25, 0.3) is 22.3 Å². The second-order valence-electron chi connectivity index (χ2n) is 6.15. The van der Waals surface area contributed by atoms with Gasteiger partial charge >= 0.3 is 0 Å². The predicted molar refractivity (Wildman–Crippen MR) is 92.4 cm³/mol. The molecule has 4 nitrogen and oxygen atoms in total. The maximum absolute atomic E-state index is 5.36. The van der Waals surface area contributed by atoms with Gasteiger partial charge < -0.3 is 13.8 Å². The Morgan fingerprint density at radius 3 is 2.58 bits per heavy atom. The lowest BCUT2D eigenvalue weighted by molar-refractivity contribution is -0.908. The molecular weight excluding hydrogens is 300 g/mol. The lowest BCUT2D eigenvalue weighted by atomic mass is 10.1. The number of rotatable bonds is 5. The van der Waals surface area contributed by atoms with Crippen LogP contribution in [0.2, 0.25) is 0 Å². The molecule has 2 heterocycles. The number of fused-ring (bicyclic) bond motifs is 1. The highest BCUT2D eigenvalue weighted by molar-refractivity contribution is 5.82. The van der Waals surface area contributed by atoms with Crippen LogP contribution in [0.15, 0.2) is 75.9 Å². The van der Waals surface area contributed by atoms with Crippen molar-refractivity contribution in [1.29, 1.82) is 0 Å². The SMILES string of the molecule is C[NH+](Cc1ccc2ccccc2c1)Cc1cc(-c2ccco2)on1. The summed E-state index contributed by atoms with van der Waals surface area (Å²) in [6.45, 7) is 1.74. The molecule has 120 valence electrons. The maximum atomic E-state index is 5.36. The minimum Gasteiger partial charge on any atom is -0.461 e. The monoisotopic (exact) mass is 319 g/mol. The summed E-state index contributed by atoms with van der Waals surface area (Å²) >= 11 is 0. The van der Waals surface area contributed by atoms with Gasteiger partial charge in [0.1, 0.15) is 18.8 Å². The Kier molecular flexibility index (Phi) is 3.89. The van der Waals surface area contributed by atoms with E-state index in [9.17, 15) is 0 Å². The van der Waals surface area contributed by atoms with Gasteiger partial charge in [-0.1, -0.05) is 41.6 Å². The first kappa shape index (κ1) is 14.7. The highest BCUT2D eigenvalue weighted by Gasteiger charge is 2.13. The van der Waals surface area contributed by atoms with E-state index in [0.29, 0.717) is 11.5 Å². The summed E-state index contributed by atoms with van der Waals surface area (Å²) < 4.78 is 10.7. The van der Waals surface area contributed by atoms with E-state index in [-0.39, 0.29) is 0 Å². The molecule has 0 saturated carbocycles. The van der Waals surface area contributed by atoms with E-state index in [1.54, 1.807) is 6.26 Å². The minimum absolute atomic E-state index is 0.675. The highest BCUT2D eigenvalue weighted by atomic mass is 16.5. The van der Waals surface area contributed by atoms with Crippen LogP contribution in [0.4, 0.5) is 0 Å². The van der Waals surface area contributed by atoms with Crippen molar-refractivity contribution in [3.63, 3.8) is 0 Å². The maximum Gasteiger partial charge on any atom is 0.202 e. The van der Waals surface area contributed by atoms with Gasteiger partial charge in [-0.2, -0.15) is 0 Å². The molecule has 0 spiro atoms. The first-order valence-electron chi connectivity index (χ1n) is 8.06. The van der Waals surface area contributed by atoms with Gasteiger partial charge in [0.05, 0.1) is 13.3 Å². The van der Waals surface area contributed by atoms with Crippen molar-refractivity contribution >= 4 is 10.8 Å². The zero-order valence-electron chi connectivity index (χ0n) is 13.5. The van der Waals surface area contributed by atoms with Crippen LogP contribution in [0.5, 0.6) is 0 Å². The predicted octanol–water partition coefficient (Wildman–Crippen LogP) is 3.30. The lowest BCUT2D eigenvalue weighted by Gasteiger charge is -2.12. The Morgan fingerprint density at radius 2 is 1.75 bits per heavy atom. The Morgan fingerprint density at radius 1 is 0.875 bits per heavy atom. The molecule has 0 aliphatic heterocycles. The zero-order valence-corrected chi connectivity index (χ0v) is 13.5. The van der Waals surface area contributed by atoms with Crippen LogP contribution in [0.1, 0.15) is 11.3 Å². The van der Waals surface area contributed by atoms with Gasteiger partial charge in [-0.3, -0.25) is 0 Å². The molecule has 0 amide bonds. The standard InChI is InChI=1S/C20H18N2O2/c1-22(13-15-8-9-16-5-2-3-6-17(16)11-15)14-18-12-20(24-21-18)19-7-4-10-23-19/h2-12H,13-14H2,1H3/p+1. The minimum atomic E-state index is 0.675. The molecule has 0 aliphatic rings. The van der Waals surface area contributed by atoms with E-state index in [1.165, 1.54) is 21.2 Å². The number of nitrogens with one attached hydrogen (secondary N) is 1. The number of quaternary nitrogens is 1. The average Bonchev–Trinajstić information content (AvgIpc) is 3.26. The summed E-state index contributed by atoms with van der Waals surface area (Å²) in [4.78, 5) is 1.35. The fraction of sp³-hybridized carbons (Fsp3) is 0.150. The summed E-state index contributed by atoms with van der Waals surface area (Å²) in [6.07, 6.45) is 1.63. The van der Waals surface area contributed by atoms with Crippen LogP contribution >= 0.6 is 0 Å². The van der Waals surface area contributed by atoms with Crippen molar-refractivity contribution in [2.24, 2.45) is 0 Å². The summed E-state index contributed by atoms with van der Waals surface area (Å²) in [5.41, 5.74) is 2.25. The van der Waals surface area contributed by atoms with Crippen molar-refractivity contribution in [2.75, 3.05) is 7.05 Å². The number of hydrogen-bond donors (Lipinski definition) is 1. The van der Waals surface area contributed by atoms with Crippen LogP contribution in [0.3, 0.4) is 0 Å². The molecule has 4 aromatic rings. The highest BCUT2D eigenvalue weighted by Crippen LogP contribution is 2.20. The topological polar surface area (TPSA) is 43.6 Å². The second-order valence-corrected chi connectivity index (χ2v) is 6.15. The van der Waals surface area contributed by atoms with E-state index in [0.717, 1.165) is 18.8 Å². The van der Waals surface area contributed by atoms with Crippen LogP contribution in [-0.2, 0) is 13.1 Å². The second kappa shape index (κ2) is 6.34. The zero-order chi connectivity index (χ0) is 16.4. The largest absolute Gasteiger partial charge is 0.461 e. The number of hydrogen-bond acceptors (Lipinski definition) is 3. The van der Waals surface area contributed by atoms with Crippen LogP contribution < -0.4 is 4.90 Å². The summed E-state index contributed by atoms with van der Waals surface area (Å²) in [5, 5.41) is 6.71. The Labute approximate surface area is 140 Å². The van der Waals surface area contributed by atoms with Gasteiger partial charge in [-0.05, 0) is 29.0 Å². The van der Waals surface area contributed by atoms with Gasteiger partial charge in [0.2, 0.25) is 5.76 Å². The molecular formula is C20H19N2O2+. The van der Waals surface area contributed by atoms with E-state index in [1.807, 2.05) is 18.2 Å². The lowest BCUT2D eigenvalue weighted by Crippen LogP contribution is -3.06. The third-order valence-electron chi connectivity index (χ3n) is 4.13. The number of furan rings is 1. The van der Waals surface area contributed by atoms with Gasteiger partial charge in [0.15, 0.2) is 5.76 Å². The van der Waals surface area contributed by atoms with Crippen molar-refractivity contribution in [3.8, 4) is 11.5 Å². The quantitative estimate of drug-likeness (QED) is 0.614. The molecule has 0 aliphatic carbocycles. The van der Waals surface area contributed by atoms with E-state index in [2.05, 4.69) is 54.7 Å². The molecule has 0 fully saturated rings. The Balaban J connectivity index is 1.45. The molecule has 4 rings (SSSR count). The first-order valence-corrected chi connectivity index (χ1v) is 8.06. The smallest absolute Gasteiger partial charge is 0.202 e. The van der Waals surface area contributed by atoms with Crippen LogP contribution in [-0.4, -0.2) is 12.2 Å². The molecule has 0 saturated heterocycles. The van der Waals surface area contributed by atoms with E-state index >= 15 is 0 Å². The fourth-order valence-electron chi connectivity index (χ4n) is 3.00. The Bertz CT molecular complexity index is 941. The summed E-state index contributed by atoms with van der Waals surface area (Å²) in [6, 6.07) is 20.7. The van der Waals surface area contributed by atoms with E-state index < -0.39 is 0 Å². The third kappa shape index (κ3) is 3.09. The van der Waals surface area contributed by atoms with Gasteiger partial charge in [-0.15, -0.1) is 0 Å². The molecule has 2 aromatic heterocycles. The van der Waals surface area contributed by atoms with Gasteiger partial charge in [0, 0.05) is 11.6 Å². The van der Waals surface area contributed by atoms with Crippen LogP contribution in [0, 0.1) is 0 Å². The molecule has 4 heteroatoms. The Hall–Kier alpha value is -2.85. The number of nitrogens with zero attached hydrogens (tertiary/aromatic N) is 1. The molecule has 2 aromatic carbocycles. The molecule has 1 unspecified atom stereocenters. The molecule has 1 atom stereocenters. The number of benzene rings is 2. The van der Waals surface area contributed by atoms with Crippen molar-refractivity contribution in [3.05, 3.63) is 78.2 Å². The summed E-state index contributed by atoms with van der Waals surface area (Å²) in [5.74, 6) is 1.38. The average molecular weight is 319 g/mol. The third-order valence-corrected chi connectivity index (χ3v) is 4.13. The molecule has 1 N–H and O–H groups in total. The van der Waals surface area contributed by atoms with Crippen molar-refractivity contribution < 1.29 is 13.8 Å². The normalized spacial score (nSPS) is 12.5. The molecule has 24 heavy (non-hydrogen) atoms. The fourth-order valence-corrected chi connectivity index (χ4v) is 3.00.